The van der Waals surface area contributed by atoms with E-state index in [2.05, 4.69) is 23.3 Å². The molecule has 0 amide bonds. The number of hydrogen-bond donors (Lipinski definition) is 2. The highest BCUT2D eigenvalue weighted by molar-refractivity contribution is 6.32. The van der Waals surface area contributed by atoms with Crippen LogP contribution in [0.15, 0.2) is 18.2 Å². The Hall–Kier alpha value is -0.810. The van der Waals surface area contributed by atoms with Crippen LogP contribution in [0.4, 0.5) is 0 Å². The van der Waals surface area contributed by atoms with Crippen LogP contribution in [0, 0.1) is 11.8 Å². The van der Waals surface area contributed by atoms with E-state index < -0.39 is 0 Å². The first kappa shape index (κ1) is 15.1. The lowest BCUT2D eigenvalue weighted by atomic mass is 9.87. The maximum atomic E-state index is 9.61. The Bertz CT molecular complexity index is 511. The van der Waals surface area contributed by atoms with Crippen LogP contribution in [-0.4, -0.2) is 49.4 Å². The number of hydrogen-bond acceptors (Lipinski definition) is 4. The van der Waals surface area contributed by atoms with Crippen molar-refractivity contribution in [1.29, 1.82) is 0 Å². The molecule has 2 aliphatic heterocycles. The molecule has 21 heavy (non-hydrogen) atoms. The van der Waals surface area contributed by atoms with Crippen LogP contribution in [0.3, 0.4) is 0 Å². The lowest BCUT2D eigenvalue weighted by molar-refractivity contribution is 0.218. The number of nitrogens with zero attached hydrogens (tertiary/aromatic N) is 1. The van der Waals surface area contributed by atoms with Gasteiger partial charge in [-0.15, -0.1) is 0 Å². The summed E-state index contributed by atoms with van der Waals surface area (Å²) >= 11 is 6.32. The molecule has 4 nitrogen and oxygen atoms in total. The third-order valence-electron chi connectivity index (χ3n) is 4.75. The average molecular weight is 311 g/mol. The summed E-state index contributed by atoms with van der Waals surface area (Å²) in [5.41, 5.74) is 1.18. The minimum Gasteiger partial charge on any atom is -0.492 e. The van der Waals surface area contributed by atoms with Crippen molar-refractivity contribution < 1.29 is 9.84 Å². The van der Waals surface area contributed by atoms with Crippen molar-refractivity contribution in [1.82, 2.24) is 10.2 Å². The van der Waals surface area contributed by atoms with Crippen LogP contribution >= 0.6 is 11.6 Å². The predicted molar refractivity (Wildman–Crippen MR) is 83.8 cm³/mol. The minimum atomic E-state index is 0.176. The molecule has 3 rings (SSSR count). The van der Waals surface area contributed by atoms with Crippen LogP contribution in [-0.2, 0) is 0 Å². The lowest BCUT2D eigenvalue weighted by Gasteiger charge is -2.21. The van der Waals surface area contributed by atoms with Crippen molar-refractivity contribution in [2.45, 2.75) is 19.0 Å². The second-order valence-corrected chi connectivity index (χ2v) is 6.51. The normalized spacial score (nSPS) is 32.4. The fourth-order valence-corrected chi connectivity index (χ4v) is 4.08. The zero-order chi connectivity index (χ0) is 15.0. The van der Waals surface area contributed by atoms with Gasteiger partial charge in [0.2, 0.25) is 0 Å². The van der Waals surface area contributed by atoms with E-state index in [-0.39, 0.29) is 18.7 Å². The molecule has 1 aromatic carbocycles. The monoisotopic (exact) mass is 310 g/mol. The van der Waals surface area contributed by atoms with Crippen molar-refractivity contribution in [3.63, 3.8) is 0 Å². The highest BCUT2D eigenvalue weighted by Gasteiger charge is 2.47. The summed E-state index contributed by atoms with van der Waals surface area (Å²) in [5, 5.41) is 13.8. The third kappa shape index (κ3) is 2.78. The first-order chi connectivity index (χ1) is 10.1. The number of fused-ring (bicyclic) bond motifs is 1. The Balaban J connectivity index is 1.84. The van der Waals surface area contributed by atoms with Crippen LogP contribution in [0.5, 0.6) is 5.75 Å². The van der Waals surface area contributed by atoms with E-state index in [1.165, 1.54) is 5.56 Å². The van der Waals surface area contributed by atoms with Gasteiger partial charge in [0.25, 0.3) is 0 Å². The Morgan fingerprint density at radius 3 is 2.81 bits per heavy atom. The summed E-state index contributed by atoms with van der Waals surface area (Å²) in [6, 6.07) is 6.46. The summed E-state index contributed by atoms with van der Waals surface area (Å²) in [6.45, 7) is 4.86. The molecule has 0 saturated carbocycles. The van der Waals surface area contributed by atoms with Gasteiger partial charge in [-0.25, -0.2) is 0 Å². The molecule has 4 atom stereocenters. The third-order valence-corrected chi connectivity index (χ3v) is 5.04. The molecule has 116 valence electrons. The largest absolute Gasteiger partial charge is 0.492 e. The minimum absolute atomic E-state index is 0.176. The number of aliphatic hydroxyl groups is 1. The second kappa shape index (κ2) is 6.13. The van der Waals surface area contributed by atoms with Crippen LogP contribution < -0.4 is 10.1 Å². The van der Waals surface area contributed by atoms with Crippen molar-refractivity contribution in [3.8, 4) is 5.75 Å². The summed E-state index contributed by atoms with van der Waals surface area (Å²) in [4.78, 5) is 2.35. The van der Waals surface area contributed by atoms with E-state index in [0.29, 0.717) is 23.5 Å². The molecule has 2 fully saturated rings. The summed E-state index contributed by atoms with van der Waals surface area (Å²) in [6.07, 6.45) is 0. The van der Waals surface area contributed by atoms with Crippen molar-refractivity contribution >= 4 is 11.6 Å². The van der Waals surface area contributed by atoms with Gasteiger partial charge in [-0.05, 0) is 43.5 Å². The first-order valence-corrected chi connectivity index (χ1v) is 7.99. The Morgan fingerprint density at radius 2 is 2.14 bits per heavy atom. The SMILES string of the molecule is CCOc1ccc([C@H]2N[C@@H](CO)[C@H]3CN(C)C[C@H]32)cc1Cl. The van der Waals surface area contributed by atoms with Gasteiger partial charge in [0.05, 0.1) is 18.2 Å². The van der Waals surface area contributed by atoms with E-state index in [1.807, 2.05) is 19.1 Å². The molecule has 0 unspecified atom stereocenters. The van der Waals surface area contributed by atoms with Crippen molar-refractivity contribution in [3.05, 3.63) is 28.8 Å². The molecule has 5 heteroatoms. The summed E-state index contributed by atoms with van der Waals surface area (Å²) < 4.78 is 5.50. The zero-order valence-electron chi connectivity index (χ0n) is 12.6. The standard InChI is InChI=1S/C16H23ClN2O2/c1-3-21-15-5-4-10(6-13(15)17)16-12-8-19(2)7-11(12)14(9-20)18-16/h4-6,11-12,14,16,18,20H,3,7-9H2,1-2H3/t11-,12+,14-,16+/m0/s1. The maximum absolute atomic E-state index is 9.61. The smallest absolute Gasteiger partial charge is 0.137 e. The van der Waals surface area contributed by atoms with Gasteiger partial charge in [0.1, 0.15) is 5.75 Å². The summed E-state index contributed by atoms with van der Waals surface area (Å²) in [7, 11) is 2.15. The fourth-order valence-electron chi connectivity index (χ4n) is 3.84. The Kier molecular flexibility index (Phi) is 4.41. The fraction of sp³-hybridized carbons (Fsp3) is 0.625. The number of likely N-dealkylation sites (tertiary alicyclic amines) is 1. The highest BCUT2D eigenvalue weighted by atomic mass is 35.5. The Morgan fingerprint density at radius 1 is 1.38 bits per heavy atom. The topological polar surface area (TPSA) is 44.7 Å². The second-order valence-electron chi connectivity index (χ2n) is 6.11. The first-order valence-electron chi connectivity index (χ1n) is 7.61. The van der Waals surface area contributed by atoms with Gasteiger partial charge in [-0.1, -0.05) is 17.7 Å². The molecule has 2 heterocycles. The molecule has 0 aliphatic carbocycles. The van der Waals surface area contributed by atoms with Gasteiger partial charge < -0.3 is 20.1 Å². The molecule has 2 saturated heterocycles. The van der Waals surface area contributed by atoms with E-state index >= 15 is 0 Å². The molecule has 2 aliphatic rings. The number of ether oxygens (including phenoxy) is 1. The van der Waals surface area contributed by atoms with Crippen molar-refractivity contribution in [2.24, 2.45) is 11.8 Å². The predicted octanol–water partition coefficient (Wildman–Crippen LogP) is 1.92. The molecule has 1 aromatic rings. The Labute approximate surface area is 131 Å². The van der Waals surface area contributed by atoms with Gasteiger partial charge in [-0.3, -0.25) is 0 Å². The molecule has 0 radical (unpaired) electrons. The molecule has 0 spiro atoms. The van der Waals surface area contributed by atoms with Gasteiger partial charge in [-0.2, -0.15) is 0 Å². The van der Waals surface area contributed by atoms with E-state index in [9.17, 15) is 5.11 Å². The van der Waals surface area contributed by atoms with E-state index in [0.717, 1.165) is 18.8 Å². The molecule has 0 aromatic heterocycles. The molecule has 0 bridgehead atoms. The van der Waals surface area contributed by atoms with Gasteiger partial charge >= 0.3 is 0 Å². The highest BCUT2D eigenvalue weighted by Crippen LogP contribution is 2.42. The number of rotatable bonds is 4. The van der Waals surface area contributed by atoms with Crippen LogP contribution in [0.25, 0.3) is 0 Å². The number of aliphatic hydroxyl groups excluding tert-OH is 1. The van der Waals surface area contributed by atoms with E-state index in [4.69, 9.17) is 16.3 Å². The summed E-state index contributed by atoms with van der Waals surface area (Å²) in [5.74, 6) is 1.77. The number of halogens is 1. The van der Waals surface area contributed by atoms with Gasteiger partial charge in [0, 0.05) is 25.2 Å². The quantitative estimate of drug-likeness (QED) is 0.892. The molecule has 2 N–H and O–H groups in total. The lowest BCUT2D eigenvalue weighted by Crippen LogP contribution is -2.35. The van der Waals surface area contributed by atoms with Crippen LogP contribution in [0.1, 0.15) is 18.5 Å². The van der Waals surface area contributed by atoms with Crippen LogP contribution in [0.2, 0.25) is 5.02 Å². The molecular formula is C16H23ClN2O2. The van der Waals surface area contributed by atoms with Crippen molar-refractivity contribution in [2.75, 3.05) is 33.4 Å². The molecular weight excluding hydrogens is 288 g/mol. The zero-order valence-corrected chi connectivity index (χ0v) is 13.3. The number of nitrogens with one attached hydrogen (secondary N) is 1. The van der Waals surface area contributed by atoms with Gasteiger partial charge in [0.15, 0.2) is 0 Å². The van der Waals surface area contributed by atoms with E-state index in [1.54, 1.807) is 0 Å². The average Bonchev–Trinajstić information content (AvgIpc) is 2.98. The number of benzene rings is 1. The maximum Gasteiger partial charge on any atom is 0.137 e.